The molecule has 0 radical (unpaired) electrons. The van der Waals surface area contributed by atoms with Crippen LogP contribution in [0.1, 0.15) is 26.2 Å². The normalized spacial score (nSPS) is 16.0. The maximum Gasteiger partial charge on any atom is 0.339 e. The fourth-order valence-corrected chi connectivity index (χ4v) is 3.69. The van der Waals surface area contributed by atoms with Crippen molar-refractivity contribution in [1.82, 2.24) is 4.90 Å². The van der Waals surface area contributed by atoms with E-state index >= 15 is 0 Å². The lowest BCUT2D eigenvalue weighted by Crippen LogP contribution is -2.53. The summed E-state index contributed by atoms with van der Waals surface area (Å²) in [5.41, 5.74) is 3.50. The van der Waals surface area contributed by atoms with E-state index in [2.05, 4.69) is 0 Å². The van der Waals surface area contributed by atoms with Gasteiger partial charge in [-0.25, -0.2) is 0 Å². The number of unbranched alkanes of at least 4 members (excludes halogenated alkanes) is 1. The zero-order chi connectivity index (χ0) is 16.9. The molecule has 0 spiro atoms. The summed E-state index contributed by atoms with van der Waals surface area (Å²) in [5, 5.41) is 9.32. The van der Waals surface area contributed by atoms with Crippen molar-refractivity contribution < 1.29 is 38.6 Å². The molecule has 0 saturated heterocycles. The Balaban J connectivity index is 5.41. The van der Waals surface area contributed by atoms with Gasteiger partial charge in [-0.15, -0.1) is 0 Å². The van der Waals surface area contributed by atoms with E-state index in [4.69, 9.17) is 25.3 Å². The number of aliphatic carboxylic acids is 1. The molecule has 1 atom stereocenters. The lowest BCUT2D eigenvalue weighted by atomic mass is 9.93. The monoisotopic (exact) mass is 348 g/mol. The van der Waals surface area contributed by atoms with Crippen molar-refractivity contribution in [2.24, 2.45) is 5.73 Å². The summed E-state index contributed by atoms with van der Waals surface area (Å²) in [6.07, 6.45) is -1.31. The fourth-order valence-electron chi connectivity index (χ4n) is 1.82. The van der Waals surface area contributed by atoms with Gasteiger partial charge in [0.15, 0.2) is 0 Å². The maximum absolute atomic E-state index is 11.4. The zero-order valence-corrected chi connectivity index (χ0v) is 13.4. The quantitative estimate of drug-likeness (QED) is 0.223. The summed E-state index contributed by atoms with van der Waals surface area (Å²) in [6, 6.07) is 0. The van der Waals surface area contributed by atoms with Crippen molar-refractivity contribution >= 4 is 21.2 Å². The van der Waals surface area contributed by atoms with Gasteiger partial charge >= 0.3 is 21.2 Å². The second kappa shape index (κ2) is 7.80. The molecule has 12 heteroatoms. The molecule has 7 N–H and O–H groups in total. The average Bonchev–Trinajstić information content (AvgIpc) is 2.24. The highest BCUT2D eigenvalue weighted by molar-refractivity contribution is 7.52. The minimum absolute atomic E-state index is 0.0421. The van der Waals surface area contributed by atoms with Crippen LogP contribution in [0.2, 0.25) is 0 Å². The summed E-state index contributed by atoms with van der Waals surface area (Å²) in [5.74, 6) is -1.42. The Morgan fingerprint density at radius 3 is 1.81 bits per heavy atom. The molecular weight excluding hydrogens is 326 g/mol. The van der Waals surface area contributed by atoms with Crippen molar-refractivity contribution in [2.75, 3.05) is 19.1 Å². The van der Waals surface area contributed by atoms with E-state index in [-0.39, 0.29) is 6.42 Å². The second-order valence-electron chi connectivity index (χ2n) is 4.98. The van der Waals surface area contributed by atoms with Crippen molar-refractivity contribution in [3.63, 3.8) is 0 Å². The Morgan fingerprint density at radius 2 is 1.52 bits per heavy atom. The van der Waals surface area contributed by atoms with E-state index in [1.54, 1.807) is 0 Å². The number of rotatable bonds is 10. The number of nitrogens with two attached hydrogens (primary N) is 1. The number of hydrogen-bond acceptors (Lipinski definition) is 5. The van der Waals surface area contributed by atoms with Gasteiger partial charge in [0.25, 0.3) is 0 Å². The molecule has 0 aromatic heterocycles. The van der Waals surface area contributed by atoms with E-state index < -0.39 is 39.3 Å². The Kier molecular flexibility index (Phi) is 7.69. The zero-order valence-electron chi connectivity index (χ0n) is 11.6. The molecule has 0 aromatic rings. The first-order valence-corrected chi connectivity index (χ1v) is 9.69. The van der Waals surface area contributed by atoms with Crippen molar-refractivity contribution in [1.29, 1.82) is 0 Å². The number of carboxylic acids is 1. The number of carboxylic acid groups (broad SMARTS) is 1. The van der Waals surface area contributed by atoms with Crippen LogP contribution >= 0.6 is 15.2 Å². The van der Waals surface area contributed by atoms with Gasteiger partial charge in [-0.2, -0.15) is 0 Å². The Morgan fingerprint density at radius 1 is 1.10 bits per heavy atom. The third-order valence-electron chi connectivity index (χ3n) is 2.99. The van der Waals surface area contributed by atoms with Crippen molar-refractivity contribution in [2.45, 2.75) is 31.7 Å². The molecule has 21 heavy (non-hydrogen) atoms. The van der Waals surface area contributed by atoms with Gasteiger partial charge in [0.1, 0.15) is 18.1 Å². The molecule has 0 amide bonds. The Hall–Kier alpha value is -0.310. The average molecular weight is 348 g/mol. The topological polar surface area (TPSA) is 182 Å². The van der Waals surface area contributed by atoms with Crippen LogP contribution in [0.15, 0.2) is 0 Å². The van der Waals surface area contributed by atoms with E-state index in [0.29, 0.717) is 24.3 Å². The number of nitrogens with zero attached hydrogens (tertiary/aromatic N) is 1. The first-order chi connectivity index (χ1) is 9.32. The lowest BCUT2D eigenvalue weighted by molar-refractivity contribution is -0.150. The number of carbonyl (C=O) groups is 1. The predicted octanol–water partition coefficient (Wildman–Crippen LogP) is -0.469. The fraction of sp³-hybridized carbons (Fsp3) is 0.889. The molecule has 0 aliphatic heterocycles. The highest BCUT2D eigenvalue weighted by Gasteiger charge is 2.44. The minimum atomic E-state index is -4.69. The Labute approximate surface area is 122 Å². The number of hydrogen-bond donors (Lipinski definition) is 6. The molecule has 0 bridgehead atoms. The van der Waals surface area contributed by atoms with E-state index in [1.807, 2.05) is 0 Å². The van der Waals surface area contributed by atoms with Crippen LogP contribution in [0.3, 0.4) is 0 Å². The lowest BCUT2D eigenvalue weighted by Gasteiger charge is -2.37. The SMILES string of the molecule is CC(CCCCN)(C(=O)O)N(CP(=O)(O)O)CP(=O)(O)O. The smallest absolute Gasteiger partial charge is 0.339 e. The van der Waals surface area contributed by atoms with Crippen LogP contribution in [0, 0.1) is 0 Å². The highest BCUT2D eigenvalue weighted by Crippen LogP contribution is 2.44. The molecule has 0 aliphatic carbocycles. The van der Waals surface area contributed by atoms with Crippen molar-refractivity contribution in [3.05, 3.63) is 0 Å². The molecule has 0 aliphatic rings. The molecular formula is C9H22N2O8P2. The van der Waals surface area contributed by atoms with Gasteiger partial charge in [0, 0.05) is 0 Å². The van der Waals surface area contributed by atoms with E-state index in [1.165, 1.54) is 6.92 Å². The largest absolute Gasteiger partial charge is 0.480 e. The third kappa shape index (κ3) is 8.04. The molecule has 0 fully saturated rings. The van der Waals surface area contributed by atoms with Gasteiger partial charge in [-0.3, -0.25) is 18.8 Å². The summed E-state index contributed by atoms with van der Waals surface area (Å²) < 4.78 is 22.2. The molecule has 0 aromatic carbocycles. The van der Waals surface area contributed by atoms with Gasteiger partial charge in [0.05, 0.1) is 0 Å². The van der Waals surface area contributed by atoms with E-state index in [0.717, 1.165) is 0 Å². The van der Waals surface area contributed by atoms with Gasteiger partial charge < -0.3 is 30.4 Å². The highest BCUT2D eigenvalue weighted by atomic mass is 31.2. The minimum Gasteiger partial charge on any atom is -0.480 e. The van der Waals surface area contributed by atoms with Crippen LogP contribution < -0.4 is 5.73 Å². The summed E-state index contributed by atoms with van der Waals surface area (Å²) >= 11 is 0. The molecule has 10 nitrogen and oxygen atoms in total. The predicted molar refractivity (Wildman–Crippen MR) is 74.6 cm³/mol. The van der Waals surface area contributed by atoms with Crippen LogP contribution in [0.4, 0.5) is 0 Å². The summed E-state index contributed by atoms with van der Waals surface area (Å²) in [4.78, 5) is 48.1. The second-order valence-corrected chi connectivity index (χ2v) is 8.20. The van der Waals surface area contributed by atoms with Crippen molar-refractivity contribution in [3.8, 4) is 0 Å². The molecule has 0 saturated carbocycles. The van der Waals surface area contributed by atoms with Gasteiger partial charge in [-0.1, -0.05) is 0 Å². The van der Waals surface area contributed by atoms with Crippen LogP contribution in [0.5, 0.6) is 0 Å². The summed E-state index contributed by atoms with van der Waals surface area (Å²) in [6.45, 7) is 1.49. The molecule has 1 unspecified atom stereocenters. The van der Waals surface area contributed by atoms with Crippen LogP contribution in [-0.2, 0) is 13.9 Å². The molecule has 0 rings (SSSR count). The standard InChI is InChI=1S/C9H22N2O8P2/c1-9(8(12)13,4-2-3-5-10)11(6-20(14,15)16)7-21(17,18)19/h2-7,10H2,1H3,(H,12,13)(H2,14,15,16)(H2,17,18,19). The van der Waals surface area contributed by atoms with Gasteiger partial charge in [0.2, 0.25) is 0 Å². The first-order valence-electron chi connectivity index (χ1n) is 6.09. The first kappa shape index (κ1) is 20.7. The third-order valence-corrected chi connectivity index (χ3v) is 4.41. The Bertz CT molecular complexity index is 423. The summed E-state index contributed by atoms with van der Waals surface area (Å²) in [7, 11) is -9.38. The van der Waals surface area contributed by atoms with Crippen LogP contribution in [-0.4, -0.2) is 60.2 Å². The van der Waals surface area contributed by atoms with Gasteiger partial charge in [-0.05, 0) is 32.7 Å². The molecule has 126 valence electrons. The molecule has 0 heterocycles. The van der Waals surface area contributed by atoms with E-state index in [9.17, 15) is 19.0 Å². The maximum atomic E-state index is 11.4. The van der Waals surface area contributed by atoms with Crippen LogP contribution in [0.25, 0.3) is 0 Å².